The summed E-state index contributed by atoms with van der Waals surface area (Å²) in [7, 11) is 0. The first kappa shape index (κ1) is 12.4. The van der Waals surface area contributed by atoms with Crippen molar-refractivity contribution in [2.75, 3.05) is 13.1 Å². The Morgan fingerprint density at radius 3 is 2.88 bits per heavy atom. The summed E-state index contributed by atoms with van der Waals surface area (Å²) in [5.41, 5.74) is 7.05. The zero-order valence-electron chi connectivity index (χ0n) is 10.0. The van der Waals surface area contributed by atoms with E-state index in [1.165, 1.54) is 4.88 Å². The van der Waals surface area contributed by atoms with Gasteiger partial charge in [-0.1, -0.05) is 13.0 Å². The Labute approximate surface area is 106 Å². The molecule has 2 aromatic heterocycles. The van der Waals surface area contributed by atoms with Crippen LogP contribution >= 0.6 is 11.3 Å². The van der Waals surface area contributed by atoms with E-state index in [0.29, 0.717) is 6.54 Å². The van der Waals surface area contributed by atoms with E-state index in [1.54, 1.807) is 23.9 Å². The van der Waals surface area contributed by atoms with Gasteiger partial charge in [0, 0.05) is 23.5 Å². The molecule has 17 heavy (non-hydrogen) atoms. The van der Waals surface area contributed by atoms with Gasteiger partial charge in [-0.3, -0.25) is 4.90 Å². The molecule has 0 aromatic carbocycles. The van der Waals surface area contributed by atoms with Crippen LogP contribution in [-0.2, 0) is 6.54 Å². The van der Waals surface area contributed by atoms with Crippen LogP contribution in [0.4, 0.5) is 0 Å². The van der Waals surface area contributed by atoms with Gasteiger partial charge in [-0.15, -0.1) is 11.3 Å². The first-order chi connectivity index (χ1) is 8.35. The molecule has 0 fully saturated rings. The Balaban J connectivity index is 2.10. The fourth-order valence-electron chi connectivity index (χ4n) is 2.01. The molecule has 3 nitrogen and oxygen atoms in total. The van der Waals surface area contributed by atoms with E-state index in [2.05, 4.69) is 29.3 Å². The van der Waals surface area contributed by atoms with E-state index >= 15 is 0 Å². The summed E-state index contributed by atoms with van der Waals surface area (Å²) >= 11 is 1.79. The van der Waals surface area contributed by atoms with E-state index in [9.17, 15) is 0 Å². The lowest BCUT2D eigenvalue weighted by Crippen LogP contribution is -2.32. The van der Waals surface area contributed by atoms with Crippen LogP contribution in [0.2, 0.25) is 0 Å². The van der Waals surface area contributed by atoms with Gasteiger partial charge in [-0.25, -0.2) is 0 Å². The molecule has 0 bridgehead atoms. The summed E-state index contributed by atoms with van der Waals surface area (Å²) in [6.07, 6.45) is 3.49. The third-order valence-electron chi connectivity index (χ3n) is 2.94. The Morgan fingerprint density at radius 1 is 1.47 bits per heavy atom. The molecule has 2 N–H and O–H groups in total. The summed E-state index contributed by atoms with van der Waals surface area (Å²) in [5.74, 6) is 0. The van der Waals surface area contributed by atoms with Crippen molar-refractivity contribution in [3.05, 3.63) is 46.5 Å². The minimum absolute atomic E-state index is 0.237. The number of thiophene rings is 1. The molecule has 92 valence electrons. The van der Waals surface area contributed by atoms with Crippen molar-refractivity contribution in [1.82, 2.24) is 4.90 Å². The van der Waals surface area contributed by atoms with Crippen LogP contribution in [0, 0.1) is 0 Å². The molecule has 0 aliphatic carbocycles. The van der Waals surface area contributed by atoms with Gasteiger partial charge in [0.05, 0.1) is 18.6 Å². The molecule has 4 heteroatoms. The Kier molecular flexibility index (Phi) is 4.36. The lowest BCUT2D eigenvalue weighted by molar-refractivity contribution is 0.204. The molecule has 2 heterocycles. The third kappa shape index (κ3) is 2.97. The maximum atomic E-state index is 5.89. The molecular weight excluding hydrogens is 232 g/mol. The van der Waals surface area contributed by atoms with Crippen molar-refractivity contribution in [1.29, 1.82) is 0 Å². The summed E-state index contributed by atoms with van der Waals surface area (Å²) in [5, 5.41) is 2.11. The maximum absolute atomic E-state index is 5.89. The number of nitrogens with zero attached hydrogens (tertiary/aromatic N) is 1. The van der Waals surface area contributed by atoms with Crippen LogP contribution in [0.5, 0.6) is 0 Å². The zero-order valence-corrected chi connectivity index (χ0v) is 10.8. The molecule has 2 aromatic rings. The Morgan fingerprint density at radius 2 is 2.35 bits per heavy atom. The van der Waals surface area contributed by atoms with Crippen LogP contribution in [0.25, 0.3) is 0 Å². The van der Waals surface area contributed by atoms with Gasteiger partial charge in [-0.2, -0.15) is 0 Å². The van der Waals surface area contributed by atoms with Gasteiger partial charge < -0.3 is 10.2 Å². The summed E-state index contributed by atoms with van der Waals surface area (Å²) in [6.45, 7) is 4.70. The first-order valence-electron chi connectivity index (χ1n) is 5.83. The standard InChI is InChI=1S/C13H18N2OS/c1-2-15(9-12-4-3-7-17-12)13(8-14)11-5-6-16-10-11/h3-7,10,13H,2,8-9,14H2,1H3. The number of hydrogen-bond donors (Lipinski definition) is 1. The second-order valence-electron chi connectivity index (χ2n) is 3.95. The van der Waals surface area contributed by atoms with Crippen molar-refractivity contribution in [2.45, 2.75) is 19.5 Å². The highest BCUT2D eigenvalue weighted by atomic mass is 32.1. The Hall–Kier alpha value is -1.10. The highest BCUT2D eigenvalue weighted by Crippen LogP contribution is 2.23. The third-order valence-corrected chi connectivity index (χ3v) is 3.80. The normalized spacial score (nSPS) is 13.1. The van der Waals surface area contributed by atoms with E-state index < -0.39 is 0 Å². The number of rotatable bonds is 6. The molecule has 0 saturated heterocycles. The molecule has 0 saturated carbocycles. The van der Waals surface area contributed by atoms with Crippen LogP contribution < -0.4 is 5.73 Å². The number of hydrogen-bond acceptors (Lipinski definition) is 4. The lowest BCUT2D eigenvalue weighted by Gasteiger charge is -2.28. The van der Waals surface area contributed by atoms with Crippen LogP contribution in [0.3, 0.4) is 0 Å². The van der Waals surface area contributed by atoms with E-state index in [0.717, 1.165) is 18.7 Å². The van der Waals surface area contributed by atoms with Crippen molar-refractivity contribution in [2.24, 2.45) is 5.73 Å². The van der Waals surface area contributed by atoms with Gasteiger partial charge in [0.25, 0.3) is 0 Å². The molecule has 2 rings (SSSR count). The van der Waals surface area contributed by atoms with Crippen molar-refractivity contribution >= 4 is 11.3 Å². The second kappa shape index (κ2) is 6.00. The van der Waals surface area contributed by atoms with Crippen LogP contribution in [0.15, 0.2) is 40.5 Å². The molecule has 0 aliphatic heterocycles. The van der Waals surface area contributed by atoms with E-state index in [4.69, 9.17) is 10.2 Å². The molecule has 0 spiro atoms. The van der Waals surface area contributed by atoms with Crippen molar-refractivity contribution in [3.8, 4) is 0 Å². The average Bonchev–Trinajstić information content (AvgIpc) is 3.00. The van der Waals surface area contributed by atoms with Gasteiger partial charge in [0.15, 0.2) is 0 Å². The number of nitrogens with two attached hydrogens (primary N) is 1. The second-order valence-corrected chi connectivity index (χ2v) is 4.98. The van der Waals surface area contributed by atoms with Crippen LogP contribution in [0.1, 0.15) is 23.4 Å². The summed E-state index contributed by atoms with van der Waals surface area (Å²) in [4.78, 5) is 3.74. The molecule has 0 aliphatic rings. The average molecular weight is 250 g/mol. The SMILES string of the molecule is CCN(Cc1cccs1)C(CN)c1ccoc1. The quantitative estimate of drug-likeness (QED) is 0.857. The minimum atomic E-state index is 0.237. The first-order valence-corrected chi connectivity index (χ1v) is 6.71. The fourth-order valence-corrected chi connectivity index (χ4v) is 2.74. The molecule has 1 unspecified atom stereocenters. The van der Waals surface area contributed by atoms with Gasteiger partial charge in [0.2, 0.25) is 0 Å². The van der Waals surface area contributed by atoms with Gasteiger partial charge >= 0.3 is 0 Å². The van der Waals surface area contributed by atoms with Crippen molar-refractivity contribution in [3.63, 3.8) is 0 Å². The minimum Gasteiger partial charge on any atom is -0.472 e. The van der Waals surface area contributed by atoms with Crippen LogP contribution in [-0.4, -0.2) is 18.0 Å². The predicted octanol–water partition coefficient (Wildman–Crippen LogP) is 2.86. The highest BCUT2D eigenvalue weighted by Gasteiger charge is 2.19. The number of furan rings is 1. The number of likely N-dealkylation sites (N-methyl/N-ethyl adjacent to an activating group) is 1. The molecule has 0 radical (unpaired) electrons. The maximum Gasteiger partial charge on any atom is 0.0950 e. The van der Waals surface area contributed by atoms with Gasteiger partial charge in [-0.05, 0) is 24.1 Å². The van der Waals surface area contributed by atoms with E-state index in [1.807, 2.05) is 6.07 Å². The topological polar surface area (TPSA) is 42.4 Å². The lowest BCUT2D eigenvalue weighted by atomic mass is 10.1. The molecule has 0 amide bonds. The summed E-state index contributed by atoms with van der Waals surface area (Å²) < 4.78 is 5.15. The smallest absolute Gasteiger partial charge is 0.0950 e. The van der Waals surface area contributed by atoms with Gasteiger partial charge in [0.1, 0.15) is 0 Å². The van der Waals surface area contributed by atoms with E-state index in [-0.39, 0.29) is 6.04 Å². The molecule has 1 atom stereocenters. The summed E-state index contributed by atoms with van der Waals surface area (Å²) in [6, 6.07) is 6.48. The molecular formula is C13H18N2OS. The monoisotopic (exact) mass is 250 g/mol. The Bertz CT molecular complexity index is 411. The fraction of sp³-hybridized carbons (Fsp3) is 0.385. The highest BCUT2D eigenvalue weighted by molar-refractivity contribution is 7.09. The largest absolute Gasteiger partial charge is 0.472 e. The predicted molar refractivity (Wildman–Crippen MR) is 70.9 cm³/mol. The van der Waals surface area contributed by atoms with Crippen molar-refractivity contribution < 1.29 is 4.42 Å². The zero-order chi connectivity index (χ0) is 12.1.